The predicted octanol–water partition coefficient (Wildman–Crippen LogP) is 0.213. The molecule has 1 heterocycles. The molecular weight excluding hydrogens is 335 g/mol. The van der Waals surface area contributed by atoms with Gasteiger partial charge in [0.15, 0.2) is 0 Å². The first-order valence-electron chi connectivity index (χ1n) is 7.64. The minimum absolute atomic E-state index is 0.208. The molecular formula is C15H23FN4O3S. The molecule has 1 aromatic rings. The van der Waals surface area contributed by atoms with E-state index < -0.39 is 10.2 Å². The van der Waals surface area contributed by atoms with Gasteiger partial charge < -0.3 is 9.80 Å². The van der Waals surface area contributed by atoms with Crippen LogP contribution in [0, 0.1) is 5.82 Å². The van der Waals surface area contributed by atoms with Gasteiger partial charge in [0.25, 0.3) is 10.2 Å². The van der Waals surface area contributed by atoms with E-state index in [0.717, 1.165) is 8.61 Å². The fourth-order valence-electron chi connectivity index (χ4n) is 2.56. The SMILES string of the molecule is CN(C)S(=O)(=O)N(C)CC(=O)N1CCN(c2ccccc2F)CC1. The van der Waals surface area contributed by atoms with Gasteiger partial charge in [-0.3, -0.25) is 4.79 Å². The molecule has 1 aromatic carbocycles. The molecule has 0 spiro atoms. The number of piperazine rings is 1. The molecule has 0 aliphatic carbocycles. The highest BCUT2D eigenvalue weighted by Crippen LogP contribution is 2.20. The molecule has 0 saturated carbocycles. The summed E-state index contributed by atoms with van der Waals surface area (Å²) in [5.41, 5.74) is 0.525. The minimum atomic E-state index is -3.61. The van der Waals surface area contributed by atoms with Crippen molar-refractivity contribution in [2.75, 3.05) is 58.8 Å². The van der Waals surface area contributed by atoms with Crippen molar-refractivity contribution >= 4 is 21.8 Å². The lowest BCUT2D eigenvalue weighted by atomic mass is 10.2. The summed E-state index contributed by atoms with van der Waals surface area (Å²) in [5, 5.41) is 0. The lowest BCUT2D eigenvalue weighted by Crippen LogP contribution is -2.52. The van der Waals surface area contributed by atoms with E-state index in [1.54, 1.807) is 23.1 Å². The molecule has 0 unspecified atom stereocenters. The van der Waals surface area contributed by atoms with E-state index in [1.807, 2.05) is 4.90 Å². The molecule has 1 amide bonds. The van der Waals surface area contributed by atoms with Crippen molar-refractivity contribution in [1.82, 2.24) is 13.5 Å². The van der Waals surface area contributed by atoms with Crippen LogP contribution in [0.3, 0.4) is 0 Å². The van der Waals surface area contributed by atoms with Crippen LogP contribution >= 0.6 is 0 Å². The van der Waals surface area contributed by atoms with E-state index in [4.69, 9.17) is 0 Å². The van der Waals surface area contributed by atoms with Crippen LogP contribution in [0.4, 0.5) is 10.1 Å². The fourth-order valence-corrected chi connectivity index (χ4v) is 3.39. The van der Waals surface area contributed by atoms with Crippen LogP contribution in [0.1, 0.15) is 0 Å². The summed E-state index contributed by atoms with van der Waals surface area (Å²) >= 11 is 0. The zero-order chi connectivity index (χ0) is 17.9. The van der Waals surface area contributed by atoms with Crippen molar-refractivity contribution < 1.29 is 17.6 Å². The molecule has 0 bridgehead atoms. The van der Waals surface area contributed by atoms with Crippen LogP contribution in [0.15, 0.2) is 24.3 Å². The van der Waals surface area contributed by atoms with Crippen molar-refractivity contribution in [3.05, 3.63) is 30.1 Å². The number of para-hydroxylation sites is 1. The van der Waals surface area contributed by atoms with Crippen LogP contribution < -0.4 is 4.90 Å². The summed E-state index contributed by atoms with van der Waals surface area (Å²) in [6, 6.07) is 6.54. The van der Waals surface area contributed by atoms with Crippen LogP contribution in [-0.4, -0.2) is 81.7 Å². The maximum absolute atomic E-state index is 13.8. The third-order valence-corrected chi connectivity index (χ3v) is 5.88. The zero-order valence-electron chi connectivity index (χ0n) is 14.1. The van der Waals surface area contributed by atoms with Crippen LogP contribution in [0.25, 0.3) is 0 Å². The van der Waals surface area contributed by atoms with Crippen LogP contribution in [-0.2, 0) is 15.0 Å². The molecule has 1 aliphatic heterocycles. The highest BCUT2D eigenvalue weighted by molar-refractivity contribution is 7.86. The maximum Gasteiger partial charge on any atom is 0.281 e. The topological polar surface area (TPSA) is 64.2 Å². The number of carbonyl (C=O) groups excluding carboxylic acids is 1. The number of rotatable bonds is 5. The molecule has 1 aliphatic rings. The molecule has 2 rings (SSSR count). The molecule has 1 saturated heterocycles. The van der Waals surface area contributed by atoms with Crippen molar-refractivity contribution in [2.45, 2.75) is 0 Å². The van der Waals surface area contributed by atoms with Gasteiger partial charge in [-0.05, 0) is 12.1 Å². The maximum atomic E-state index is 13.8. The Labute approximate surface area is 142 Å². The normalized spacial score (nSPS) is 16.1. The summed E-state index contributed by atoms with van der Waals surface area (Å²) in [4.78, 5) is 15.8. The van der Waals surface area contributed by atoms with Gasteiger partial charge in [-0.25, -0.2) is 4.39 Å². The highest BCUT2D eigenvalue weighted by atomic mass is 32.2. The Morgan fingerprint density at radius 2 is 1.71 bits per heavy atom. The van der Waals surface area contributed by atoms with Gasteiger partial charge in [-0.1, -0.05) is 12.1 Å². The smallest absolute Gasteiger partial charge is 0.281 e. The number of likely N-dealkylation sites (N-methyl/N-ethyl adjacent to an activating group) is 1. The van der Waals surface area contributed by atoms with E-state index in [1.165, 1.54) is 27.2 Å². The Morgan fingerprint density at radius 3 is 2.25 bits per heavy atom. The standard InChI is InChI=1S/C15H23FN4O3S/c1-17(2)24(22,23)18(3)12-15(21)20-10-8-19(9-11-20)14-7-5-4-6-13(14)16/h4-7H,8-12H2,1-3H3. The average Bonchev–Trinajstić information content (AvgIpc) is 2.55. The number of halogens is 1. The molecule has 24 heavy (non-hydrogen) atoms. The number of benzene rings is 1. The molecule has 7 nitrogen and oxygen atoms in total. The number of anilines is 1. The molecule has 1 fully saturated rings. The highest BCUT2D eigenvalue weighted by Gasteiger charge is 2.27. The molecule has 134 valence electrons. The summed E-state index contributed by atoms with van der Waals surface area (Å²) in [6.45, 7) is 1.68. The quantitative estimate of drug-likeness (QED) is 0.755. The summed E-state index contributed by atoms with van der Waals surface area (Å²) in [6.07, 6.45) is 0. The number of amides is 1. The Hall–Kier alpha value is -1.71. The van der Waals surface area contributed by atoms with Crippen molar-refractivity contribution in [1.29, 1.82) is 0 Å². The number of carbonyl (C=O) groups is 1. The third kappa shape index (κ3) is 4.03. The van der Waals surface area contributed by atoms with Crippen LogP contribution in [0.5, 0.6) is 0 Å². The Bertz CT molecular complexity index is 688. The number of nitrogens with zero attached hydrogens (tertiary/aromatic N) is 4. The van der Waals surface area contributed by atoms with E-state index >= 15 is 0 Å². The van der Waals surface area contributed by atoms with Crippen molar-refractivity contribution in [3.63, 3.8) is 0 Å². The van der Waals surface area contributed by atoms with Crippen molar-refractivity contribution in [3.8, 4) is 0 Å². The molecule has 0 radical (unpaired) electrons. The molecule has 0 N–H and O–H groups in total. The fraction of sp³-hybridized carbons (Fsp3) is 0.533. The first-order chi connectivity index (χ1) is 11.2. The largest absolute Gasteiger partial charge is 0.366 e. The summed E-state index contributed by atoms with van der Waals surface area (Å²) in [7, 11) is 0.607. The summed E-state index contributed by atoms with van der Waals surface area (Å²) in [5.74, 6) is -0.537. The van der Waals surface area contributed by atoms with Crippen LogP contribution in [0.2, 0.25) is 0 Å². The van der Waals surface area contributed by atoms with Gasteiger partial charge in [0.05, 0.1) is 12.2 Å². The molecule has 0 atom stereocenters. The van der Waals surface area contributed by atoms with Gasteiger partial charge in [0.2, 0.25) is 5.91 Å². The zero-order valence-corrected chi connectivity index (χ0v) is 15.0. The van der Waals surface area contributed by atoms with E-state index in [9.17, 15) is 17.6 Å². The second-order valence-electron chi connectivity index (χ2n) is 5.87. The van der Waals surface area contributed by atoms with Gasteiger partial charge in [-0.2, -0.15) is 17.0 Å². The van der Waals surface area contributed by atoms with E-state index in [-0.39, 0.29) is 18.3 Å². The second-order valence-corrected chi connectivity index (χ2v) is 8.11. The Kier molecular flexibility index (Phi) is 5.79. The van der Waals surface area contributed by atoms with Gasteiger partial charge in [0.1, 0.15) is 5.82 Å². The van der Waals surface area contributed by atoms with E-state index in [0.29, 0.717) is 31.9 Å². The summed E-state index contributed by atoms with van der Waals surface area (Å²) < 4.78 is 39.8. The van der Waals surface area contributed by atoms with Gasteiger partial charge >= 0.3 is 0 Å². The second kappa shape index (κ2) is 7.45. The molecule has 9 heteroatoms. The minimum Gasteiger partial charge on any atom is -0.366 e. The average molecular weight is 358 g/mol. The molecule has 0 aromatic heterocycles. The van der Waals surface area contributed by atoms with Crippen molar-refractivity contribution in [2.24, 2.45) is 0 Å². The Balaban J connectivity index is 1.93. The third-order valence-electron chi connectivity index (χ3n) is 4.04. The first-order valence-corrected chi connectivity index (χ1v) is 9.04. The Morgan fingerprint density at radius 1 is 1.12 bits per heavy atom. The van der Waals surface area contributed by atoms with Gasteiger partial charge in [-0.15, -0.1) is 0 Å². The number of hydrogen-bond donors (Lipinski definition) is 0. The lowest BCUT2D eigenvalue weighted by molar-refractivity contribution is -0.131. The van der Waals surface area contributed by atoms with Gasteiger partial charge in [0, 0.05) is 47.3 Å². The predicted molar refractivity (Wildman–Crippen MR) is 90.4 cm³/mol. The number of hydrogen-bond acceptors (Lipinski definition) is 4. The van der Waals surface area contributed by atoms with E-state index in [2.05, 4.69) is 0 Å². The lowest BCUT2D eigenvalue weighted by Gasteiger charge is -2.36. The monoisotopic (exact) mass is 358 g/mol. The first kappa shape index (κ1) is 18.6.